The van der Waals surface area contributed by atoms with E-state index in [1.807, 2.05) is 38.1 Å². The Morgan fingerprint density at radius 1 is 1.04 bits per heavy atom. The number of halogens is 1. The minimum absolute atomic E-state index is 0.0439. The fourth-order valence-electron chi connectivity index (χ4n) is 2.99. The standard InChI is InChI=1S/C21H20FNO2/c1-14-3-4-15(2)20(13-14)23-18(10-12-21(24)25)9-11-19(23)16-5-7-17(22)8-6-16/h3-9,11,13H,10,12H2,1-2H3,(H,24,25)/p-1. The number of rotatable bonds is 5. The van der Waals surface area contributed by atoms with Crippen LogP contribution in [0, 0.1) is 19.7 Å². The normalized spacial score (nSPS) is 10.8. The van der Waals surface area contributed by atoms with Gasteiger partial charge in [-0.3, -0.25) is 0 Å². The van der Waals surface area contributed by atoms with Crippen molar-refractivity contribution in [2.75, 3.05) is 0 Å². The molecule has 2 aromatic carbocycles. The van der Waals surface area contributed by atoms with Crippen molar-refractivity contribution in [1.29, 1.82) is 0 Å². The molecule has 128 valence electrons. The van der Waals surface area contributed by atoms with Crippen LogP contribution in [-0.4, -0.2) is 10.5 Å². The van der Waals surface area contributed by atoms with Gasteiger partial charge in [0.25, 0.3) is 0 Å². The molecule has 0 aliphatic carbocycles. The summed E-state index contributed by atoms with van der Waals surface area (Å²) < 4.78 is 15.3. The van der Waals surface area contributed by atoms with E-state index >= 15 is 0 Å². The molecule has 1 aromatic heterocycles. The maximum atomic E-state index is 13.3. The van der Waals surface area contributed by atoms with Crippen molar-refractivity contribution in [3.63, 3.8) is 0 Å². The third-order valence-electron chi connectivity index (χ3n) is 4.29. The zero-order valence-corrected chi connectivity index (χ0v) is 14.3. The molecule has 0 saturated carbocycles. The van der Waals surface area contributed by atoms with Crippen LogP contribution in [0.25, 0.3) is 16.9 Å². The van der Waals surface area contributed by atoms with Crippen LogP contribution in [-0.2, 0) is 11.2 Å². The van der Waals surface area contributed by atoms with E-state index in [0.717, 1.165) is 33.8 Å². The highest BCUT2D eigenvalue weighted by molar-refractivity contribution is 5.67. The number of carbonyl (C=O) groups is 1. The summed E-state index contributed by atoms with van der Waals surface area (Å²) in [5, 5.41) is 10.9. The lowest BCUT2D eigenvalue weighted by Crippen LogP contribution is -2.22. The SMILES string of the molecule is Cc1ccc(C)c(-n2c(CCC(=O)[O-])ccc2-c2ccc(F)cc2)c1. The second kappa shape index (κ2) is 6.93. The third kappa shape index (κ3) is 3.63. The van der Waals surface area contributed by atoms with Crippen LogP contribution in [0.1, 0.15) is 23.2 Å². The summed E-state index contributed by atoms with van der Waals surface area (Å²) >= 11 is 0. The number of carbonyl (C=O) groups excluding carboxylic acids is 1. The zero-order chi connectivity index (χ0) is 18.0. The third-order valence-corrected chi connectivity index (χ3v) is 4.29. The van der Waals surface area contributed by atoms with Gasteiger partial charge in [-0.15, -0.1) is 0 Å². The van der Waals surface area contributed by atoms with Crippen molar-refractivity contribution in [2.45, 2.75) is 26.7 Å². The molecule has 3 nitrogen and oxygen atoms in total. The van der Waals surface area contributed by atoms with Gasteiger partial charge in [0.2, 0.25) is 0 Å². The molecule has 0 radical (unpaired) electrons. The first kappa shape index (κ1) is 17.0. The Bertz CT molecular complexity index is 910. The molecule has 0 fully saturated rings. The summed E-state index contributed by atoms with van der Waals surface area (Å²) in [7, 11) is 0. The van der Waals surface area contributed by atoms with Gasteiger partial charge in [0.05, 0.1) is 5.69 Å². The van der Waals surface area contributed by atoms with E-state index in [1.54, 1.807) is 12.1 Å². The number of nitrogens with zero attached hydrogens (tertiary/aromatic N) is 1. The van der Waals surface area contributed by atoms with E-state index < -0.39 is 5.97 Å². The number of aryl methyl sites for hydroxylation is 3. The van der Waals surface area contributed by atoms with Gasteiger partial charge in [0.1, 0.15) is 5.82 Å². The predicted molar refractivity (Wildman–Crippen MR) is 94.0 cm³/mol. The Hall–Kier alpha value is -2.88. The fourth-order valence-corrected chi connectivity index (χ4v) is 2.99. The van der Waals surface area contributed by atoms with Crippen LogP contribution in [0.4, 0.5) is 4.39 Å². The second-order valence-corrected chi connectivity index (χ2v) is 6.21. The predicted octanol–water partition coefficient (Wildman–Crippen LogP) is 3.58. The highest BCUT2D eigenvalue weighted by atomic mass is 19.1. The van der Waals surface area contributed by atoms with E-state index in [0.29, 0.717) is 6.42 Å². The number of hydrogen-bond acceptors (Lipinski definition) is 2. The molecule has 4 heteroatoms. The molecule has 0 saturated heterocycles. The summed E-state index contributed by atoms with van der Waals surface area (Å²) in [6, 6.07) is 16.3. The lowest BCUT2D eigenvalue weighted by molar-refractivity contribution is -0.305. The molecule has 25 heavy (non-hydrogen) atoms. The molecule has 0 amide bonds. The van der Waals surface area contributed by atoms with Crippen LogP contribution in [0.2, 0.25) is 0 Å². The maximum absolute atomic E-state index is 13.3. The van der Waals surface area contributed by atoms with Gasteiger partial charge in [-0.25, -0.2) is 4.39 Å². The topological polar surface area (TPSA) is 45.1 Å². The van der Waals surface area contributed by atoms with E-state index in [4.69, 9.17) is 0 Å². The van der Waals surface area contributed by atoms with Gasteiger partial charge >= 0.3 is 0 Å². The monoisotopic (exact) mass is 336 g/mol. The van der Waals surface area contributed by atoms with E-state index in [2.05, 4.69) is 10.6 Å². The van der Waals surface area contributed by atoms with Crippen molar-refractivity contribution < 1.29 is 14.3 Å². The van der Waals surface area contributed by atoms with Gasteiger partial charge in [0.15, 0.2) is 0 Å². The summed E-state index contributed by atoms with van der Waals surface area (Å²) in [5.74, 6) is -1.36. The highest BCUT2D eigenvalue weighted by Crippen LogP contribution is 2.29. The molecular weight excluding hydrogens is 317 g/mol. The summed E-state index contributed by atoms with van der Waals surface area (Å²) in [6.07, 6.45) is 0.328. The summed E-state index contributed by atoms with van der Waals surface area (Å²) in [5.41, 5.74) is 5.86. The molecule has 0 spiro atoms. The van der Waals surface area contributed by atoms with E-state index in [-0.39, 0.29) is 12.2 Å². The van der Waals surface area contributed by atoms with Gasteiger partial charge in [0, 0.05) is 17.4 Å². The molecule has 0 aliphatic heterocycles. The van der Waals surface area contributed by atoms with Crippen LogP contribution >= 0.6 is 0 Å². The number of benzene rings is 2. The molecule has 3 aromatic rings. The van der Waals surface area contributed by atoms with Gasteiger partial charge in [-0.1, -0.05) is 12.1 Å². The molecule has 0 N–H and O–H groups in total. The van der Waals surface area contributed by atoms with E-state index in [1.165, 1.54) is 12.1 Å². The van der Waals surface area contributed by atoms with Crippen molar-refractivity contribution >= 4 is 5.97 Å². The van der Waals surface area contributed by atoms with Crippen molar-refractivity contribution in [1.82, 2.24) is 4.57 Å². The maximum Gasteiger partial charge on any atom is 0.123 e. The number of aromatic nitrogens is 1. The second-order valence-electron chi connectivity index (χ2n) is 6.21. The van der Waals surface area contributed by atoms with Gasteiger partial charge in [-0.05, 0) is 85.8 Å². The minimum Gasteiger partial charge on any atom is -0.550 e. The molecule has 0 atom stereocenters. The van der Waals surface area contributed by atoms with Crippen LogP contribution < -0.4 is 5.11 Å². The quantitative estimate of drug-likeness (QED) is 0.715. The Balaban J connectivity index is 2.17. The molecular formula is C21H19FNO2-. The Morgan fingerprint density at radius 2 is 1.76 bits per heavy atom. The Morgan fingerprint density at radius 3 is 2.44 bits per heavy atom. The first-order chi connectivity index (χ1) is 12.0. The Labute approximate surface area is 146 Å². The van der Waals surface area contributed by atoms with Crippen molar-refractivity contribution in [3.05, 3.63) is 77.2 Å². The Kier molecular flexibility index (Phi) is 4.70. The van der Waals surface area contributed by atoms with Crippen molar-refractivity contribution in [3.8, 4) is 16.9 Å². The van der Waals surface area contributed by atoms with Crippen LogP contribution in [0.3, 0.4) is 0 Å². The first-order valence-corrected chi connectivity index (χ1v) is 8.20. The fraction of sp³-hybridized carbons (Fsp3) is 0.190. The smallest absolute Gasteiger partial charge is 0.123 e. The minimum atomic E-state index is -1.07. The lowest BCUT2D eigenvalue weighted by Gasteiger charge is -2.17. The molecule has 0 aliphatic rings. The average molecular weight is 336 g/mol. The average Bonchev–Trinajstić information content (AvgIpc) is 2.99. The molecule has 3 rings (SSSR count). The van der Waals surface area contributed by atoms with Crippen molar-refractivity contribution in [2.24, 2.45) is 0 Å². The van der Waals surface area contributed by atoms with E-state index in [9.17, 15) is 14.3 Å². The largest absolute Gasteiger partial charge is 0.550 e. The lowest BCUT2D eigenvalue weighted by atomic mass is 10.1. The number of hydrogen-bond donors (Lipinski definition) is 0. The molecule has 0 unspecified atom stereocenters. The van der Waals surface area contributed by atoms with Gasteiger partial charge in [-0.2, -0.15) is 0 Å². The summed E-state index contributed by atoms with van der Waals surface area (Å²) in [6.45, 7) is 4.04. The number of carboxylic acid groups (broad SMARTS) is 1. The highest BCUT2D eigenvalue weighted by Gasteiger charge is 2.14. The van der Waals surface area contributed by atoms with Gasteiger partial charge < -0.3 is 14.5 Å². The zero-order valence-electron chi connectivity index (χ0n) is 14.3. The number of aliphatic carboxylic acids is 1. The molecule has 0 bridgehead atoms. The number of carboxylic acids is 1. The van der Waals surface area contributed by atoms with Crippen LogP contribution in [0.5, 0.6) is 0 Å². The van der Waals surface area contributed by atoms with Crippen LogP contribution in [0.15, 0.2) is 54.6 Å². The first-order valence-electron chi connectivity index (χ1n) is 8.20. The summed E-state index contributed by atoms with van der Waals surface area (Å²) in [4.78, 5) is 10.9. The molecule has 1 heterocycles.